The van der Waals surface area contributed by atoms with Crippen LogP contribution in [-0.2, 0) is 20.9 Å². The number of esters is 2. The van der Waals surface area contributed by atoms with Crippen molar-refractivity contribution in [2.45, 2.75) is 19.6 Å². The number of carbonyl (C=O) groups is 3. The largest absolute Gasteiger partial charge is 0.486 e. The molecule has 1 aliphatic heterocycles. The van der Waals surface area contributed by atoms with Gasteiger partial charge in [-0.3, -0.25) is 0 Å². The van der Waals surface area contributed by atoms with Crippen molar-refractivity contribution < 1.29 is 41.8 Å². The fourth-order valence-electron chi connectivity index (χ4n) is 3.31. The summed E-state index contributed by atoms with van der Waals surface area (Å²) in [6, 6.07) is 10.1. The minimum Gasteiger partial charge on any atom is -0.486 e. The second kappa shape index (κ2) is 10.6. The maximum atomic E-state index is 13.0. The number of ether oxygens (including phenoxy) is 3. The van der Waals surface area contributed by atoms with E-state index in [-0.39, 0.29) is 36.1 Å². The van der Waals surface area contributed by atoms with Gasteiger partial charge in [0.1, 0.15) is 42.3 Å². The van der Waals surface area contributed by atoms with Crippen LogP contribution in [0.3, 0.4) is 0 Å². The van der Waals surface area contributed by atoms with Gasteiger partial charge in [0.25, 0.3) is 0 Å². The molecule has 2 aromatic heterocycles. The average molecular weight is 484 g/mol. The number of rotatable bonds is 9. The Labute approximate surface area is 198 Å². The number of carbonyl (C=O) groups excluding carboxylic acids is 3. The monoisotopic (exact) mass is 484 g/mol. The molecule has 1 unspecified atom stereocenters. The van der Waals surface area contributed by atoms with Gasteiger partial charge in [0.15, 0.2) is 0 Å². The van der Waals surface area contributed by atoms with E-state index in [1.165, 1.54) is 42.7 Å². The molecule has 0 bridgehead atoms. The highest BCUT2D eigenvalue weighted by atomic mass is 19.1. The predicted octanol–water partition coefficient (Wildman–Crippen LogP) is 3.62. The van der Waals surface area contributed by atoms with E-state index < -0.39 is 30.6 Å². The zero-order valence-corrected chi connectivity index (χ0v) is 18.5. The van der Waals surface area contributed by atoms with Crippen LogP contribution in [0.15, 0.2) is 74.9 Å². The number of hydrogen-bond acceptors (Lipinski definition) is 8. The molecule has 0 radical (unpaired) electrons. The Hall–Kier alpha value is -4.54. The van der Waals surface area contributed by atoms with Gasteiger partial charge in [0, 0.05) is 0 Å². The fraction of sp³-hybridized carbons (Fsp3) is 0.208. The van der Waals surface area contributed by atoms with Gasteiger partial charge in [-0.2, -0.15) is 0 Å². The van der Waals surface area contributed by atoms with Crippen molar-refractivity contribution in [2.75, 3.05) is 13.2 Å². The molecule has 2 N–H and O–H groups in total. The van der Waals surface area contributed by atoms with E-state index >= 15 is 0 Å². The molecule has 0 spiro atoms. The van der Waals surface area contributed by atoms with Crippen LogP contribution in [0.25, 0.3) is 0 Å². The van der Waals surface area contributed by atoms with Gasteiger partial charge in [-0.05, 0) is 55.5 Å². The molecule has 3 heterocycles. The zero-order valence-electron chi connectivity index (χ0n) is 18.5. The van der Waals surface area contributed by atoms with Crippen LogP contribution in [0.4, 0.5) is 9.18 Å². The summed E-state index contributed by atoms with van der Waals surface area (Å²) in [5, 5.41) is 5.08. The molecule has 3 aromatic rings. The lowest BCUT2D eigenvalue weighted by molar-refractivity contribution is -0.139. The highest BCUT2D eigenvalue weighted by molar-refractivity contribution is 5.95. The van der Waals surface area contributed by atoms with Crippen LogP contribution in [0.5, 0.6) is 5.75 Å². The maximum Gasteiger partial charge on any atom is 0.374 e. The lowest BCUT2D eigenvalue weighted by Gasteiger charge is -2.27. The second-order valence-electron chi connectivity index (χ2n) is 7.24. The second-order valence-corrected chi connectivity index (χ2v) is 7.24. The summed E-state index contributed by atoms with van der Waals surface area (Å²) in [4.78, 5) is 37.3. The quantitative estimate of drug-likeness (QED) is 0.441. The smallest absolute Gasteiger partial charge is 0.374 e. The summed E-state index contributed by atoms with van der Waals surface area (Å²) in [6.07, 6.45) is 1.40. The van der Waals surface area contributed by atoms with Crippen LogP contribution in [0, 0.1) is 5.82 Å². The summed E-state index contributed by atoms with van der Waals surface area (Å²) in [5.74, 6) is -0.949. The van der Waals surface area contributed by atoms with E-state index in [1.807, 2.05) is 0 Å². The van der Waals surface area contributed by atoms with Crippen molar-refractivity contribution in [3.8, 4) is 5.75 Å². The number of benzene rings is 1. The van der Waals surface area contributed by atoms with Crippen LogP contribution in [0.2, 0.25) is 0 Å². The van der Waals surface area contributed by atoms with E-state index in [1.54, 1.807) is 19.1 Å². The third-order valence-corrected chi connectivity index (χ3v) is 4.88. The Balaban J connectivity index is 1.45. The molecule has 11 heteroatoms. The number of furan rings is 2. The standard InChI is InChI=1S/C24H21FN2O8/c1-2-31-23(29)20-17(26-24(30)27-21(20)18-4-3-11-32-18)13-34-22(28)19-10-9-16(35-19)12-33-15-7-5-14(25)6-8-15/h3-11,21H,2,12-13H2,1H3,(H2,26,27,30). The molecule has 4 rings (SSSR count). The van der Waals surface area contributed by atoms with Crippen LogP contribution < -0.4 is 15.4 Å². The Morgan fingerprint density at radius 2 is 1.83 bits per heavy atom. The lowest BCUT2D eigenvalue weighted by Crippen LogP contribution is -2.47. The number of amides is 2. The number of halogens is 1. The van der Waals surface area contributed by atoms with Gasteiger partial charge in [-0.25, -0.2) is 18.8 Å². The Morgan fingerprint density at radius 3 is 2.54 bits per heavy atom. The molecule has 2 amide bonds. The highest BCUT2D eigenvalue weighted by Gasteiger charge is 2.35. The van der Waals surface area contributed by atoms with Gasteiger partial charge in [-0.15, -0.1) is 0 Å². The third-order valence-electron chi connectivity index (χ3n) is 4.88. The van der Waals surface area contributed by atoms with Gasteiger partial charge in [0.05, 0.1) is 24.1 Å². The van der Waals surface area contributed by atoms with Crippen molar-refractivity contribution in [2.24, 2.45) is 0 Å². The summed E-state index contributed by atoms with van der Waals surface area (Å²) < 4.78 is 39.7. The Morgan fingerprint density at radius 1 is 1.03 bits per heavy atom. The fourth-order valence-corrected chi connectivity index (χ4v) is 3.31. The molecule has 10 nitrogen and oxygen atoms in total. The molecule has 35 heavy (non-hydrogen) atoms. The molecule has 0 saturated carbocycles. The highest BCUT2D eigenvalue weighted by Crippen LogP contribution is 2.28. The lowest BCUT2D eigenvalue weighted by atomic mass is 10.0. The van der Waals surface area contributed by atoms with E-state index in [4.69, 9.17) is 23.0 Å². The Kier molecular flexibility index (Phi) is 7.15. The maximum absolute atomic E-state index is 13.0. The molecule has 0 saturated heterocycles. The third kappa shape index (κ3) is 5.69. The van der Waals surface area contributed by atoms with Crippen LogP contribution in [-0.4, -0.2) is 31.2 Å². The topological polar surface area (TPSA) is 129 Å². The van der Waals surface area contributed by atoms with Crippen molar-refractivity contribution in [3.63, 3.8) is 0 Å². The van der Waals surface area contributed by atoms with Gasteiger partial charge in [-0.1, -0.05) is 0 Å². The summed E-state index contributed by atoms with van der Waals surface area (Å²) in [7, 11) is 0. The molecule has 1 aliphatic rings. The van der Waals surface area contributed by atoms with Crippen molar-refractivity contribution >= 4 is 18.0 Å². The van der Waals surface area contributed by atoms with Gasteiger partial charge >= 0.3 is 18.0 Å². The first-order chi connectivity index (χ1) is 16.9. The first kappa shape index (κ1) is 23.6. The normalized spacial score (nSPS) is 15.3. The van der Waals surface area contributed by atoms with Gasteiger partial charge in [0.2, 0.25) is 5.76 Å². The molecule has 0 fully saturated rings. The Bertz CT molecular complexity index is 1230. The first-order valence-corrected chi connectivity index (χ1v) is 10.6. The number of hydrogen-bond donors (Lipinski definition) is 2. The SMILES string of the molecule is CCOC(=O)C1=C(COC(=O)c2ccc(COc3ccc(F)cc3)o2)NC(=O)NC1c1ccco1. The summed E-state index contributed by atoms with van der Waals surface area (Å²) in [6.45, 7) is 1.32. The molecular formula is C24H21FN2O8. The summed E-state index contributed by atoms with van der Waals surface area (Å²) >= 11 is 0. The van der Waals surface area contributed by atoms with Crippen molar-refractivity contribution in [3.05, 3.63) is 89.2 Å². The average Bonchev–Trinajstić information content (AvgIpc) is 3.54. The number of nitrogens with one attached hydrogen (secondary N) is 2. The minimum absolute atomic E-state index is 0.00360. The van der Waals surface area contributed by atoms with E-state index in [0.29, 0.717) is 17.3 Å². The molecule has 1 aromatic carbocycles. The summed E-state index contributed by atoms with van der Waals surface area (Å²) in [5.41, 5.74) is 0.0930. The zero-order chi connectivity index (χ0) is 24.8. The van der Waals surface area contributed by atoms with E-state index in [2.05, 4.69) is 10.6 Å². The van der Waals surface area contributed by atoms with E-state index in [0.717, 1.165) is 0 Å². The molecular weight excluding hydrogens is 463 g/mol. The molecule has 1 atom stereocenters. The van der Waals surface area contributed by atoms with Crippen LogP contribution >= 0.6 is 0 Å². The van der Waals surface area contributed by atoms with E-state index in [9.17, 15) is 18.8 Å². The minimum atomic E-state index is -0.926. The van der Waals surface area contributed by atoms with Crippen LogP contribution in [0.1, 0.15) is 35.0 Å². The molecule has 182 valence electrons. The predicted molar refractivity (Wildman–Crippen MR) is 116 cm³/mol. The number of urea groups is 1. The first-order valence-electron chi connectivity index (χ1n) is 10.6. The van der Waals surface area contributed by atoms with Crippen molar-refractivity contribution in [1.82, 2.24) is 10.6 Å². The van der Waals surface area contributed by atoms with Gasteiger partial charge < -0.3 is 33.7 Å². The van der Waals surface area contributed by atoms with Crippen molar-refractivity contribution in [1.29, 1.82) is 0 Å². The molecule has 0 aliphatic carbocycles.